The molecule has 0 bridgehead atoms. The zero-order valence-electron chi connectivity index (χ0n) is 11.6. The molecular formula is C16H14ClNO3. The Morgan fingerprint density at radius 2 is 1.86 bits per heavy atom. The lowest BCUT2D eigenvalue weighted by molar-refractivity contribution is 0.0600. The number of hydrogen-bond donors (Lipinski definition) is 1. The Morgan fingerprint density at radius 3 is 2.57 bits per heavy atom. The van der Waals surface area contributed by atoms with Crippen molar-refractivity contribution in [3.63, 3.8) is 0 Å². The summed E-state index contributed by atoms with van der Waals surface area (Å²) >= 11 is 6.01. The van der Waals surface area contributed by atoms with Crippen LogP contribution in [-0.2, 0) is 4.74 Å². The number of rotatable bonds is 3. The van der Waals surface area contributed by atoms with E-state index in [2.05, 4.69) is 10.1 Å². The number of benzene rings is 2. The molecule has 0 radical (unpaired) electrons. The molecule has 0 aromatic heterocycles. The summed E-state index contributed by atoms with van der Waals surface area (Å²) in [5.74, 6) is -0.734. The lowest BCUT2D eigenvalue weighted by Gasteiger charge is -2.09. The van der Waals surface area contributed by atoms with E-state index in [1.54, 1.807) is 49.4 Å². The highest BCUT2D eigenvalue weighted by atomic mass is 35.5. The van der Waals surface area contributed by atoms with Crippen molar-refractivity contribution in [2.45, 2.75) is 6.92 Å². The first-order valence-corrected chi connectivity index (χ1v) is 6.65. The number of carbonyl (C=O) groups is 2. The van der Waals surface area contributed by atoms with Crippen molar-refractivity contribution < 1.29 is 14.3 Å². The predicted molar refractivity (Wildman–Crippen MR) is 81.9 cm³/mol. The highest BCUT2D eigenvalue weighted by molar-refractivity contribution is 6.32. The highest BCUT2D eigenvalue weighted by Crippen LogP contribution is 2.20. The molecule has 0 aliphatic heterocycles. The van der Waals surface area contributed by atoms with E-state index in [1.807, 2.05) is 0 Å². The second kappa shape index (κ2) is 6.41. The van der Waals surface area contributed by atoms with Gasteiger partial charge in [-0.05, 0) is 42.8 Å². The zero-order valence-corrected chi connectivity index (χ0v) is 12.4. The second-order valence-electron chi connectivity index (χ2n) is 4.44. The van der Waals surface area contributed by atoms with Gasteiger partial charge < -0.3 is 10.1 Å². The van der Waals surface area contributed by atoms with Crippen LogP contribution in [0.3, 0.4) is 0 Å². The third kappa shape index (κ3) is 3.41. The lowest BCUT2D eigenvalue weighted by Crippen LogP contribution is -2.14. The van der Waals surface area contributed by atoms with Crippen molar-refractivity contribution >= 4 is 29.2 Å². The van der Waals surface area contributed by atoms with Gasteiger partial charge in [-0.2, -0.15) is 0 Å². The van der Waals surface area contributed by atoms with Crippen molar-refractivity contribution in [1.29, 1.82) is 0 Å². The molecule has 4 nitrogen and oxygen atoms in total. The van der Waals surface area contributed by atoms with E-state index < -0.39 is 5.97 Å². The number of hydrogen-bond acceptors (Lipinski definition) is 3. The average molecular weight is 304 g/mol. The van der Waals surface area contributed by atoms with Gasteiger partial charge in [-0.15, -0.1) is 0 Å². The van der Waals surface area contributed by atoms with Crippen molar-refractivity contribution in [2.24, 2.45) is 0 Å². The van der Waals surface area contributed by atoms with Crippen LogP contribution in [-0.4, -0.2) is 19.0 Å². The molecule has 0 spiro atoms. The minimum absolute atomic E-state index is 0.281. The van der Waals surface area contributed by atoms with Crippen LogP contribution in [0.5, 0.6) is 0 Å². The second-order valence-corrected chi connectivity index (χ2v) is 4.85. The molecule has 0 fully saturated rings. The van der Waals surface area contributed by atoms with Crippen LogP contribution >= 0.6 is 11.6 Å². The van der Waals surface area contributed by atoms with Crippen LogP contribution < -0.4 is 5.32 Å². The first-order valence-electron chi connectivity index (χ1n) is 6.27. The van der Waals surface area contributed by atoms with Crippen molar-refractivity contribution in [2.75, 3.05) is 12.4 Å². The number of nitrogens with one attached hydrogen (secondary N) is 1. The first kappa shape index (κ1) is 15.1. The summed E-state index contributed by atoms with van der Waals surface area (Å²) in [6, 6.07) is 11.7. The monoisotopic (exact) mass is 303 g/mol. The van der Waals surface area contributed by atoms with Crippen molar-refractivity contribution in [3.05, 3.63) is 64.2 Å². The first-order chi connectivity index (χ1) is 10.0. The van der Waals surface area contributed by atoms with E-state index in [-0.39, 0.29) is 5.91 Å². The smallest absolute Gasteiger partial charge is 0.337 e. The summed E-state index contributed by atoms with van der Waals surface area (Å²) in [7, 11) is 1.31. The molecule has 5 heteroatoms. The molecule has 2 rings (SSSR count). The maximum absolute atomic E-state index is 12.3. The minimum atomic E-state index is -0.454. The Bertz CT molecular complexity index is 698. The molecule has 1 amide bonds. The van der Waals surface area contributed by atoms with Gasteiger partial charge in [0.2, 0.25) is 0 Å². The average Bonchev–Trinajstić information content (AvgIpc) is 2.49. The van der Waals surface area contributed by atoms with Gasteiger partial charge in [-0.3, -0.25) is 4.79 Å². The molecule has 0 heterocycles. The normalized spacial score (nSPS) is 10.0. The molecule has 0 aliphatic carbocycles. The molecule has 0 atom stereocenters. The summed E-state index contributed by atoms with van der Waals surface area (Å²) in [4.78, 5) is 23.7. The zero-order chi connectivity index (χ0) is 15.4. The molecule has 2 aromatic carbocycles. The Morgan fingerprint density at radius 1 is 1.14 bits per heavy atom. The molecule has 108 valence electrons. The highest BCUT2D eigenvalue weighted by Gasteiger charge is 2.12. The molecule has 2 aromatic rings. The Balaban J connectivity index is 2.24. The standard InChI is InChI=1S/C16H14ClNO3/c1-10-13(7-4-8-14(10)17)15(19)18-12-6-3-5-11(9-12)16(20)21-2/h3-9H,1-2H3,(H,18,19). The fourth-order valence-corrected chi connectivity index (χ4v) is 2.07. The molecule has 21 heavy (non-hydrogen) atoms. The molecule has 0 unspecified atom stereocenters. The Labute approximate surface area is 127 Å². The van der Waals surface area contributed by atoms with E-state index in [9.17, 15) is 9.59 Å². The van der Waals surface area contributed by atoms with Crippen LogP contribution in [0, 0.1) is 6.92 Å². The van der Waals surface area contributed by atoms with Crippen LogP contribution in [0.1, 0.15) is 26.3 Å². The number of ether oxygens (including phenoxy) is 1. The summed E-state index contributed by atoms with van der Waals surface area (Å²) < 4.78 is 4.65. The van der Waals surface area contributed by atoms with Gasteiger partial charge in [0.05, 0.1) is 12.7 Å². The van der Waals surface area contributed by atoms with Crippen molar-refractivity contribution in [1.82, 2.24) is 0 Å². The largest absolute Gasteiger partial charge is 0.465 e. The number of esters is 1. The van der Waals surface area contributed by atoms with Crippen LogP contribution in [0.4, 0.5) is 5.69 Å². The van der Waals surface area contributed by atoms with E-state index in [4.69, 9.17) is 11.6 Å². The Hall–Kier alpha value is -2.33. The molecule has 0 saturated heterocycles. The van der Waals surface area contributed by atoms with Gasteiger partial charge in [-0.1, -0.05) is 23.7 Å². The number of methoxy groups -OCH3 is 1. The third-order valence-electron chi connectivity index (χ3n) is 3.05. The molecule has 0 aliphatic rings. The van der Waals surface area contributed by atoms with E-state index >= 15 is 0 Å². The molecular weight excluding hydrogens is 290 g/mol. The van der Waals surface area contributed by atoms with E-state index in [0.717, 1.165) is 0 Å². The summed E-state index contributed by atoms with van der Waals surface area (Å²) in [5.41, 5.74) is 2.09. The SMILES string of the molecule is COC(=O)c1cccc(NC(=O)c2cccc(Cl)c2C)c1. The van der Waals surface area contributed by atoms with E-state index in [1.165, 1.54) is 7.11 Å². The van der Waals surface area contributed by atoms with Gasteiger partial charge in [0, 0.05) is 16.3 Å². The fourth-order valence-electron chi connectivity index (χ4n) is 1.89. The third-order valence-corrected chi connectivity index (χ3v) is 3.46. The topological polar surface area (TPSA) is 55.4 Å². The predicted octanol–water partition coefficient (Wildman–Crippen LogP) is 3.69. The maximum atomic E-state index is 12.3. The number of halogens is 1. The van der Waals surface area contributed by atoms with Gasteiger partial charge in [-0.25, -0.2) is 4.79 Å². The quantitative estimate of drug-likeness (QED) is 0.880. The lowest BCUT2D eigenvalue weighted by atomic mass is 10.1. The van der Waals surface area contributed by atoms with Gasteiger partial charge in [0.1, 0.15) is 0 Å². The number of carbonyl (C=O) groups excluding carboxylic acids is 2. The maximum Gasteiger partial charge on any atom is 0.337 e. The van der Waals surface area contributed by atoms with Gasteiger partial charge >= 0.3 is 5.97 Å². The number of anilines is 1. The fraction of sp³-hybridized carbons (Fsp3) is 0.125. The number of amides is 1. The molecule has 1 N–H and O–H groups in total. The van der Waals surface area contributed by atoms with Gasteiger partial charge in [0.15, 0.2) is 0 Å². The summed E-state index contributed by atoms with van der Waals surface area (Å²) in [5, 5.41) is 3.27. The van der Waals surface area contributed by atoms with Crippen LogP contribution in [0.2, 0.25) is 5.02 Å². The van der Waals surface area contributed by atoms with Crippen LogP contribution in [0.25, 0.3) is 0 Å². The Kier molecular flexibility index (Phi) is 4.60. The summed E-state index contributed by atoms with van der Waals surface area (Å²) in [6.07, 6.45) is 0. The summed E-state index contributed by atoms with van der Waals surface area (Å²) in [6.45, 7) is 1.78. The van der Waals surface area contributed by atoms with Gasteiger partial charge in [0.25, 0.3) is 5.91 Å². The van der Waals surface area contributed by atoms with Crippen LogP contribution in [0.15, 0.2) is 42.5 Å². The van der Waals surface area contributed by atoms with E-state index in [0.29, 0.717) is 27.4 Å². The van der Waals surface area contributed by atoms with Crippen molar-refractivity contribution in [3.8, 4) is 0 Å². The molecule has 0 saturated carbocycles. The minimum Gasteiger partial charge on any atom is -0.465 e.